The molecule has 2 heterocycles. The van der Waals surface area contributed by atoms with Crippen molar-refractivity contribution in [2.45, 2.75) is 26.7 Å². The van der Waals surface area contributed by atoms with E-state index < -0.39 is 11.9 Å². The number of allylic oxidation sites excluding steroid dienone is 1. The Morgan fingerprint density at radius 2 is 1.82 bits per heavy atom. The lowest BCUT2D eigenvalue weighted by atomic mass is 9.82. The van der Waals surface area contributed by atoms with Crippen molar-refractivity contribution in [3.63, 3.8) is 0 Å². The second-order valence-corrected chi connectivity index (χ2v) is 6.96. The number of nitrogens with zero attached hydrogens (tertiary/aromatic N) is 1. The van der Waals surface area contributed by atoms with Gasteiger partial charge in [0.2, 0.25) is 0 Å². The minimum atomic E-state index is -0.565. The van der Waals surface area contributed by atoms with Gasteiger partial charge in [-0.05, 0) is 50.7 Å². The van der Waals surface area contributed by atoms with Gasteiger partial charge in [0.1, 0.15) is 5.82 Å². The van der Waals surface area contributed by atoms with E-state index in [0.717, 1.165) is 24.3 Å². The fourth-order valence-corrected chi connectivity index (χ4v) is 3.86. The summed E-state index contributed by atoms with van der Waals surface area (Å²) in [4.78, 5) is 33.1. The maximum absolute atomic E-state index is 12.7. The number of fused-ring (bicyclic) bond motifs is 1. The summed E-state index contributed by atoms with van der Waals surface area (Å²) < 4.78 is 5.22. The van der Waals surface area contributed by atoms with Gasteiger partial charge in [-0.2, -0.15) is 0 Å². The second kappa shape index (κ2) is 8.02. The summed E-state index contributed by atoms with van der Waals surface area (Å²) >= 11 is 5.09. The summed E-state index contributed by atoms with van der Waals surface area (Å²) in [6, 6.07) is 7.91. The van der Waals surface area contributed by atoms with E-state index in [0.29, 0.717) is 22.7 Å². The van der Waals surface area contributed by atoms with Gasteiger partial charge in [0.05, 0.1) is 24.2 Å². The first kappa shape index (κ1) is 19.9. The normalized spacial score (nSPS) is 15.6. The molecule has 0 radical (unpaired) electrons. The summed E-state index contributed by atoms with van der Waals surface area (Å²) in [5.74, 6) is -0.544. The molecule has 0 aliphatic carbocycles. The minimum absolute atomic E-state index is 0.223. The predicted octanol–water partition coefficient (Wildman–Crippen LogP) is 3.28. The smallest absolute Gasteiger partial charge is 0.336 e. The molecule has 7 nitrogen and oxygen atoms in total. The number of ether oxygens (including phenoxy) is 1. The van der Waals surface area contributed by atoms with Gasteiger partial charge in [0, 0.05) is 24.5 Å². The molecule has 1 aliphatic heterocycles. The Bertz CT molecular complexity index is 1030. The molecule has 28 heavy (non-hydrogen) atoms. The zero-order valence-corrected chi connectivity index (χ0v) is 17.2. The van der Waals surface area contributed by atoms with Crippen LogP contribution in [0.25, 0.3) is 0 Å². The number of benzene rings is 1. The summed E-state index contributed by atoms with van der Waals surface area (Å²) in [6.07, 6.45) is 0. The number of nitrogens with one attached hydrogen (secondary N) is 3. The van der Waals surface area contributed by atoms with Gasteiger partial charge < -0.3 is 19.9 Å². The maximum atomic E-state index is 12.7. The summed E-state index contributed by atoms with van der Waals surface area (Å²) in [7, 11) is 1.33. The second-order valence-electron chi connectivity index (χ2n) is 6.55. The molecule has 8 heteroatoms. The number of anilines is 2. The SMILES string of the molecule is CCN(CC)c1ccc(C2C(C(=O)OC)=C(C)Nc3[nH]c(=S)[nH]c(=O)c32)cc1. The molecule has 0 fully saturated rings. The Kier molecular flexibility index (Phi) is 5.69. The number of rotatable bonds is 5. The minimum Gasteiger partial charge on any atom is -0.466 e. The zero-order chi connectivity index (χ0) is 20.4. The van der Waals surface area contributed by atoms with Gasteiger partial charge in [-0.25, -0.2) is 4.79 Å². The number of aromatic nitrogens is 2. The van der Waals surface area contributed by atoms with E-state index in [1.807, 2.05) is 24.3 Å². The van der Waals surface area contributed by atoms with Crippen LogP contribution in [-0.4, -0.2) is 36.1 Å². The number of H-pyrrole nitrogens is 2. The molecule has 2 aromatic rings. The highest BCUT2D eigenvalue weighted by Gasteiger charge is 2.35. The Hall–Kier alpha value is -2.87. The maximum Gasteiger partial charge on any atom is 0.336 e. The number of carbonyl (C=O) groups is 1. The van der Waals surface area contributed by atoms with Crippen molar-refractivity contribution in [1.29, 1.82) is 0 Å². The summed E-state index contributed by atoms with van der Waals surface area (Å²) in [6.45, 7) is 7.78. The number of methoxy groups -OCH3 is 1. The van der Waals surface area contributed by atoms with Crippen molar-refractivity contribution < 1.29 is 9.53 Å². The van der Waals surface area contributed by atoms with E-state index in [9.17, 15) is 9.59 Å². The molecule has 0 saturated carbocycles. The van der Waals surface area contributed by atoms with Gasteiger partial charge in [-0.15, -0.1) is 0 Å². The third-order valence-electron chi connectivity index (χ3n) is 5.03. The van der Waals surface area contributed by atoms with Crippen molar-refractivity contribution in [3.05, 3.63) is 61.8 Å². The number of carbonyl (C=O) groups excluding carboxylic acids is 1. The van der Waals surface area contributed by atoms with Gasteiger partial charge >= 0.3 is 5.97 Å². The van der Waals surface area contributed by atoms with Crippen LogP contribution in [0.1, 0.15) is 37.8 Å². The average molecular weight is 401 g/mol. The summed E-state index contributed by atoms with van der Waals surface area (Å²) in [5, 5.41) is 3.08. The quantitative estimate of drug-likeness (QED) is 0.527. The highest BCUT2D eigenvalue weighted by Crippen LogP contribution is 2.39. The Labute approximate surface area is 168 Å². The summed E-state index contributed by atoms with van der Waals surface area (Å²) in [5.41, 5.74) is 3.02. The third-order valence-corrected chi connectivity index (χ3v) is 5.24. The lowest BCUT2D eigenvalue weighted by Gasteiger charge is -2.29. The average Bonchev–Trinajstić information content (AvgIpc) is 2.67. The van der Waals surface area contributed by atoms with Crippen LogP contribution in [0.5, 0.6) is 0 Å². The molecule has 0 spiro atoms. The Morgan fingerprint density at radius 3 is 2.39 bits per heavy atom. The van der Waals surface area contributed by atoms with Crippen LogP contribution in [0.15, 0.2) is 40.3 Å². The predicted molar refractivity (Wildman–Crippen MR) is 112 cm³/mol. The van der Waals surface area contributed by atoms with E-state index in [2.05, 4.69) is 34.0 Å². The molecular formula is C20H24N4O3S. The largest absolute Gasteiger partial charge is 0.466 e. The standard InChI is InChI=1S/C20H24N4O3S/c1-5-24(6-2)13-9-7-12(8-10-13)15-14(19(26)27-4)11(3)21-17-16(15)18(25)23-20(28)22-17/h7-10,15H,5-6H2,1-4H3,(H3,21,22,23,25,28). The van der Waals surface area contributed by atoms with Crippen LogP contribution in [0.2, 0.25) is 0 Å². The fourth-order valence-electron chi connectivity index (χ4n) is 3.67. The van der Waals surface area contributed by atoms with Gasteiger partial charge in [0.15, 0.2) is 4.77 Å². The van der Waals surface area contributed by atoms with Crippen LogP contribution in [-0.2, 0) is 9.53 Å². The number of esters is 1. The topological polar surface area (TPSA) is 90.2 Å². The molecule has 0 saturated heterocycles. The number of hydrogen-bond acceptors (Lipinski definition) is 6. The van der Waals surface area contributed by atoms with E-state index in [1.165, 1.54) is 7.11 Å². The van der Waals surface area contributed by atoms with Crippen LogP contribution in [0.3, 0.4) is 0 Å². The molecule has 3 N–H and O–H groups in total. The highest BCUT2D eigenvalue weighted by atomic mass is 32.1. The lowest BCUT2D eigenvalue weighted by molar-refractivity contribution is -0.136. The number of aromatic amines is 2. The molecule has 0 amide bonds. The third kappa shape index (κ3) is 3.47. The van der Waals surface area contributed by atoms with Crippen molar-refractivity contribution in [3.8, 4) is 0 Å². The lowest BCUT2D eigenvalue weighted by Crippen LogP contribution is -2.30. The van der Waals surface area contributed by atoms with E-state index in [1.54, 1.807) is 6.92 Å². The van der Waals surface area contributed by atoms with E-state index in [4.69, 9.17) is 17.0 Å². The number of hydrogen-bond donors (Lipinski definition) is 3. The van der Waals surface area contributed by atoms with Crippen LogP contribution in [0.4, 0.5) is 11.5 Å². The van der Waals surface area contributed by atoms with Crippen LogP contribution >= 0.6 is 12.2 Å². The molecular weight excluding hydrogens is 376 g/mol. The van der Waals surface area contributed by atoms with Gasteiger partial charge in [0.25, 0.3) is 5.56 Å². The molecule has 0 bridgehead atoms. The van der Waals surface area contributed by atoms with Crippen LogP contribution in [0, 0.1) is 4.77 Å². The molecule has 1 atom stereocenters. The van der Waals surface area contributed by atoms with E-state index in [-0.39, 0.29) is 10.3 Å². The molecule has 1 aromatic carbocycles. The molecule has 1 aromatic heterocycles. The first-order valence-corrected chi connectivity index (χ1v) is 9.59. The monoisotopic (exact) mass is 400 g/mol. The van der Waals surface area contributed by atoms with Crippen molar-refractivity contribution >= 4 is 29.7 Å². The molecule has 148 valence electrons. The van der Waals surface area contributed by atoms with Crippen molar-refractivity contribution in [1.82, 2.24) is 9.97 Å². The molecule has 1 aliphatic rings. The highest BCUT2D eigenvalue weighted by molar-refractivity contribution is 7.71. The van der Waals surface area contributed by atoms with E-state index >= 15 is 0 Å². The van der Waals surface area contributed by atoms with Gasteiger partial charge in [-0.3, -0.25) is 9.78 Å². The first-order valence-electron chi connectivity index (χ1n) is 9.18. The molecule has 1 unspecified atom stereocenters. The fraction of sp³-hybridized carbons (Fsp3) is 0.350. The first-order chi connectivity index (χ1) is 13.4. The Balaban J connectivity index is 2.19. The molecule has 3 rings (SSSR count). The Morgan fingerprint density at radius 1 is 1.18 bits per heavy atom. The van der Waals surface area contributed by atoms with Crippen molar-refractivity contribution in [2.75, 3.05) is 30.4 Å². The zero-order valence-electron chi connectivity index (χ0n) is 16.4. The van der Waals surface area contributed by atoms with Gasteiger partial charge in [-0.1, -0.05) is 12.1 Å². The van der Waals surface area contributed by atoms with Crippen LogP contribution < -0.4 is 15.8 Å². The van der Waals surface area contributed by atoms with Crippen molar-refractivity contribution in [2.24, 2.45) is 0 Å².